The number of esters is 1. The van der Waals surface area contributed by atoms with Crippen LogP contribution < -0.4 is 0 Å². The Balaban J connectivity index is 3.26. The summed E-state index contributed by atoms with van der Waals surface area (Å²) in [5.74, 6) is -0.181. The van der Waals surface area contributed by atoms with Gasteiger partial charge in [0, 0.05) is 6.42 Å². The quantitative estimate of drug-likeness (QED) is 0.558. The first-order valence-corrected chi connectivity index (χ1v) is 3.61. The van der Waals surface area contributed by atoms with Gasteiger partial charge in [-0.3, -0.25) is 4.79 Å². The maximum absolute atomic E-state index is 10.6. The van der Waals surface area contributed by atoms with Crippen molar-refractivity contribution >= 4 is 5.97 Å². The van der Waals surface area contributed by atoms with Crippen LogP contribution >= 0.6 is 0 Å². The molecular weight excluding hydrogens is 128 g/mol. The highest BCUT2D eigenvalue weighted by Gasteiger charge is 2.02. The minimum atomic E-state index is -0.177. The van der Waals surface area contributed by atoms with E-state index >= 15 is 0 Å². The Labute approximate surface area is 62.6 Å². The molecule has 1 unspecified atom stereocenters. The molecule has 0 aliphatic rings. The third-order valence-electron chi connectivity index (χ3n) is 1.27. The molecule has 0 aromatic carbocycles. The minimum Gasteiger partial charge on any atom is -0.465 e. The van der Waals surface area contributed by atoms with E-state index in [2.05, 4.69) is 0 Å². The lowest BCUT2D eigenvalue weighted by molar-refractivity contribution is -0.144. The highest BCUT2D eigenvalue weighted by molar-refractivity contribution is 5.68. The third kappa shape index (κ3) is 4.36. The van der Waals surface area contributed by atoms with Gasteiger partial charge in [-0.1, -0.05) is 13.8 Å². The van der Waals surface area contributed by atoms with Gasteiger partial charge in [0.2, 0.25) is 0 Å². The molecule has 0 aromatic rings. The van der Waals surface area contributed by atoms with Crippen LogP contribution in [0.15, 0.2) is 0 Å². The molecule has 0 amide bonds. The monoisotopic (exact) mass is 142 g/mol. The molecule has 1 atom stereocenters. The summed E-state index contributed by atoms with van der Waals surface area (Å²) in [5.41, 5.74) is 0. The first-order valence-electron chi connectivity index (χ1n) is 3.61. The van der Waals surface area contributed by atoms with Crippen LogP contribution in [-0.4, -0.2) is 12.6 Å². The normalized spacial score (nSPS) is 12.7. The van der Waals surface area contributed by atoms with Crippen LogP contribution in [0.4, 0.5) is 0 Å². The number of carbonyl (C=O) groups is 1. The van der Waals surface area contributed by atoms with Crippen molar-refractivity contribution < 1.29 is 9.53 Å². The van der Waals surface area contributed by atoms with E-state index in [1.807, 2.05) is 6.92 Å². The molecule has 0 fully saturated rings. The maximum Gasteiger partial charge on any atom is 0.305 e. The van der Waals surface area contributed by atoms with Crippen molar-refractivity contribution in [3.63, 3.8) is 0 Å². The summed E-state index contributed by atoms with van der Waals surface area (Å²) >= 11 is 0. The van der Waals surface area contributed by atoms with Gasteiger partial charge in [-0.2, -0.15) is 0 Å². The van der Waals surface area contributed by atoms with Crippen LogP contribution in [0.1, 0.15) is 26.7 Å². The van der Waals surface area contributed by atoms with E-state index in [0.29, 0.717) is 13.0 Å². The maximum atomic E-state index is 10.6. The van der Waals surface area contributed by atoms with E-state index in [4.69, 9.17) is 11.7 Å². The van der Waals surface area contributed by atoms with Gasteiger partial charge in [0.15, 0.2) is 0 Å². The number of carbonyl (C=O) groups excluding carboxylic acids is 1. The summed E-state index contributed by atoms with van der Waals surface area (Å²) in [7, 11) is 0. The largest absolute Gasteiger partial charge is 0.465 e. The predicted octanol–water partition coefficient (Wildman–Crippen LogP) is 1.68. The second-order valence-corrected chi connectivity index (χ2v) is 2.20. The molecule has 0 aliphatic heterocycles. The highest BCUT2D eigenvalue weighted by atomic mass is 16.5. The van der Waals surface area contributed by atoms with E-state index in [1.165, 1.54) is 0 Å². The first kappa shape index (κ1) is 9.47. The average molecular weight is 142 g/mol. The molecular formula is C8H14O2. The topological polar surface area (TPSA) is 26.3 Å². The predicted molar refractivity (Wildman–Crippen MR) is 39.3 cm³/mol. The van der Waals surface area contributed by atoms with Crippen molar-refractivity contribution in [2.75, 3.05) is 6.61 Å². The molecule has 0 N–H and O–H groups in total. The molecule has 0 aliphatic carbocycles. The number of hydrogen-bond acceptors (Lipinski definition) is 2. The second kappa shape index (κ2) is 5.27. The van der Waals surface area contributed by atoms with E-state index in [1.54, 1.807) is 6.92 Å². The summed E-state index contributed by atoms with van der Waals surface area (Å²) in [6.45, 7) is 9.58. The molecule has 0 heterocycles. The van der Waals surface area contributed by atoms with Crippen molar-refractivity contribution in [1.82, 2.24) is 0 Å². The lowest BCUT2D eigenvalue weighted by Crippen LogP contribution is -2.10. The molecule has 2 radical (unpaired) electrons. The Bertz CT molecular complexity index is 99.4. The van der Waals surface area contributed by atoms with Crippen LogP contribution in [0.25, 0.3) is 0 Å². The summed E-state index contributed by atoms with van der Waals surface area (Å²) in [5, 5.41) is 0. The van der Waals surface area contributed by atoms with E-state index < -0.39 is 0 Å². The van der Waals surface area contributed by atoms with Crippen LogP contribution in [0, 0.1) is 12.8 Å². The summed E-state index contributed by atoms with van der Waals surface area (Å²) < 4.78 is 4.78. The van der Waals surface area contributed by atoms with Gasteiger partial charge in [-0.25, -0.2) is 0 Å². The Morgan fingerprint density at radius 3 is 2.60 bits per heavy atom. The third-order valence-corrected chi connectivity index (χ3v) is 1.27. The van der Waals surface area contributed by atoms with Crippen LogP contribution in [-0.2, 0) is 9.53 Å². The van der Waals surface area contributed by atoms with Gasteiger partial charge < -0.3 is 4.74 Å². The van der Waals surface area contributed by atoms with Crippen LogP contribution in [0.2, 0.25) is 0 Å². The van der Waals surface area contributed by atoms with E-state index in [9.17, 15) is 4.79 Å². The van der Waals surface area contributed by atoms with Crippen molar-refractivity contribution in [1.29, 1.82) is 0 Å². The van der Waals surface area contributed by atoms with Gasteiger partial charge in [0.1, 0.15) is 0 Å². The second-order valence-electron chi connectivity index (χ2n) is 2.20. The summed E-state index contributed by atoms with van der Waals surface area (Å²) in [4.78, 5) is 10.6. The smallest absolute Gasteiger partial charge is 0.305 e. The number of hydrogen-bond donors (Lipinski definition) is 0. The number of rotatable bonds is 4. The lowest BCUT2D eigenvalue weighted by Gasteiger charge is -2.07. The zero-order valence-corrected chi connectivity index (χ0v) is 6.59. The van der Waals surface area contributed by atoms with E-state index in [0.717, 1.165) is 6.42 Å². The van der Waals surface area contributed by atoms with E-state index in [-0.39, 0.29) is 11.9 Å². The fourth-order valence-corrected chi connectivity index (χ4v) is 0.420. The Morgan fingerprint density at radius 2 is 2.20 bits per heavy atom. The Kier molecular flexibility index (Phi) is 4.99. The minimum absolute atomic E-state index is 0.00417. The SMILES string of the molecule is [CH]C(CC)COC(=O)CC. The van der Waals surface area contributed by atoms with Gasteiger partial charge in [0.05, 0.1) is 6.61 Å². The van der Waals surface area contributed by atoms with Crippen molar-refractivity contribution in [2.45, 2.75) is 26.7 Å². The highest BCUT2D eigenvalue weighted by Crippen LogP contribution is 2.00. The fourth-order valence-electron chi connectivity index (χ4n) is 0.420. The van der Waals surface area contributed by atoms with Gasteiger partial charge in [0.25, 0.3) is 0 Å². The van der Waals surface area contributed by atoms with Crippen molar-refractivity contribution in [2.24, 2.45) is 5.92 Å². The molecule has 0 bridgehead atoms. The zero-order chi connectivity index (χ0) is 7.98. The molecule has 10 heavy (non-hydrogen) atoms. The molecule has 0 spiro atoms. The molecule has 0 saturated carbocycles. The van der Waals surface area contributed by atoms with Crippen LogP contribution in [0.3, 0.4) is 0 Å². The Hall–Kier alpha value is -0.530. The first-order chi connectivity index (χ1) is 4.70. The van der Waals surface area contributed by atoms with Crippen molar-refractivity contribution in [3.8, 4) is 0 Å². The Morgan fingerprint density at radius 1 is 1.60 bits per heavy atom. The van der Waals surface area contributed by atoms with Gasteiger partial charge in [-0.05, 0) is 19.3 Å². The summed E-state index contributed by atoms with van der Waals surface area (Å²) in [6, 6.07) is 0. The molecule has 0 aromatic heterocycles. The molecule has 2 heteroatoms. The van der Waals surface area contributed by atoms with Crippen molar-refractivity contribution in [3.05, 3.63) is 6.92 Å². The van der Waals surface area contributed by atoms with Crippen LogP contribution in [0.5, 0.6) is 0 Å². The molecule has 58 valence electrons. The lowest BCUT2D eigenvalue weighted by atomic mass is 10.1. The summed E-state index contributed by atoms with van der Waals surface area (Å²) in [6.07, 6.45) is 1.27. The molecule has 0 rings (SSSR count). The standard InChI is InChI=1S/C8H14O2/c1-4-7(3)6-10-8(9)5-2/h3,7H,4-6H2,1-2H3. The van der Waals surface area contributed by atoms with Gasteiger partial charge >= 0.3 is 5.97 Å². The van der Waals surface area contributed by atoms with Gasteiger partial charge in [-0.15, -0.1) is 0 Å². The zero-order valence-electron chi connectivity index (χ0n) is 6.59. The fraction of sp³-hybridized carbons (Fsp3) is 0.750. The molecule has 0 saturated heterocycles. The molecule has 2 nitrogen and oxygen atoms in total. The number of ether oxygens (including phenoxy) is 1. The average Bonchev–Trinajstić information content (AvgIpc) is 1.99.